The van der Waals surface area contributed by atoms with Crippen molar-refractivity contribution in [1.82, 2.24) is 14.1 Å². The van der Waals surface area contributed by atoms with Gasteiger partial charge in [-0.15, -0.1) is 0 Å². The Labute approximate surface area is 125 Å². The second-order valence-corrected chi connectivity index (χ2v) is 7.43. The lowest BCUT2D eigenvalue weighted by atomic mass is 10.3. The third-order valence-electron chi connectivity index (χ3n) is 3.22. The van der Waals surface area contributed by atoms with Crippen LogP contribution in [0.1, 0.15) is 12.8 Å². The van der Waals surface area contributed by atoms with Gasteiger partial charge in [0.2, 0.25) is 10.0 Å². The summed E-state index contributed by atoms with van der Waals surface area (Å²) in [5, 5.41) is 3.49. The minimum Gasteiger partial charge on any atom is -0.313 e. The van der Waals surface area contributed by atoms with Gasteiger partial charge >= 0.3 is 0 Å². The fraction of sp³-hybridized carbons (Fsp3) is 0.455. The minimum absolute atomic E-state index is 0.000891. The molecule has 1 saturated heterocycles. The molecule has 9 heteroatoms. The number of nitrogens with zero attached hydrogens (tertiary/aromatic N) is 2. The van der Waals surface area contributed by atoms with Gasteiger partial charge in [0, 0.05) is 6.04 Å². The first-order chi connectivity index (χ1) is 9.55. The summed E-state index contributed by atoms with van der Waals surface area (Å²) >= 11 is 7.11. The smallest absolute Gasteiger partial charge is 0.234 e. The standard InChI is InChI=1S/C11H13ClN4O2S2/c12-8-3-4-9-11(15-19-14-9)10(8)16-20(17,18)6-7-2-1-5-13-7/h3-4,7,13,16H,1-2,5-6H2. The molecule has 0 saturated carbocycles. The minimum atomic E-state index is -3.47. The van der Waals surface area contributed by atoms with E-state index in [1.54, 1.807) is 12.1 Å². The molecule has 1 unspecified atom stereocenters. The molecular weight excluding hydrogens is 320 g/mol. The van der Waals surface area contributed by atoms with E-state index in [-0.39, 0.29) is 11.8 Å². The summed E-state index contributed by atoms with van der Waals surface area (Å²) in [6.07, 6.45) is 1.88. The highest BCUT2D eigenvalue weighted by Crippen LogP contribution is 2.30. The van der Waals surface area contributed by atoms with E-state index < -0.39 is 10.0 Å². The Morgan fingerprint density at radius 1 is 1.45 bits per heavy atom. The number of hydrogen-bond donors (Lipinski definition) is 2. The first-order valence-corrected chi connectivity index (χ1v) is 8.96. The molecular formula is C11H13ClN4O2S2. The molecule has 1 aromatic carbocycles. The van der Waals surface area contributed by atoms with Crippen molar-refractivity contribution in [2.24, 2.45) is 0 Å². The Bertz CT molecular complexity index is 725. The van der Waals surface area contributed by atoms with Crippen LogP contribution in [0.2, 0.25) is 5.02 Å². The van der Waals surface area contributed by atoms with Gasteiger partial charge in [-0.3, -0.25) is 4.72 Å². The third kappa shape index (κ3) is 2.88. The molecule has 20 heavy (non-hydrogen) atoms. The van der Waals surface area contributed by atoms with Crippen LogP contribution in [0.4, 0.5) is 5.69 Å². The molecule has 0 radical (unpaired) electrons. The van der Waals surface area contributed by atoms with Crippen molar-refractivity contribution < 1.29 is 8.42 Å². The predicted molar refractivity (Wildman–Crippen MR) is 80.9 cm³/mol. The van der Waals surface area contributed by atoms with E-state index in [0.717, 1.165) is 31.1 Å². The van der Waals surface area contributed by atoms with Crippen LogP contribution in [0, 0.1) is 0 Å². The molecule has 2 N–H and O–H groups in total. The van der Waals surface area contributed by atoms with Crippen molar-refractivity contribution >= 4 is 50.1 Å². The van der Waals surface area contributed by atoms with E-state index in [0.29, 0.717) is 21.7 Å². The molecule has 1 aliphatic heterocycles. The molecule has 108 valence electrons. The molecule has 0 aliphatic carbocycles. The molecule has 2 aromatic rings. The van der Waals surface area contributed by atoms with Gasteiger partial charge in [-0.25, -0.2) is 8.42 Å². The second kappa shape index (κ2) is 5.44. The second-order valence-electron chi connectivity index (χ2n) is 4.73. The molecule has 3 rings (SSSR count). The number of nitrogens with one attached hydrogen (secondary N) is 2. The first kappa shape index (κ1) is 14.0. The Morgan fingerprint density at radius 2 is 2.30 bits per heavy atom. The van der Waals surface area contributed by atoms with Gasteiger partial charge in [0.15, 0.2) is 0 Å². The lowest BCUT2D eigenvalue weighted by molar-refractivity contribution is 0.582. The van der Waals surface area contributed by atoms with Crippen molar-refractivity contribution in [2.45, 2.75) is 18.9 Å². The quantitative estimate of drug-likeness (QED) is 0.892. The summed E-state index contributed by atoms with van der Waals surface area (Å²) in [4.78, 5) is 0. The van der Waals surface area contributed by atoms with Crippen LogP contribution in [0.15, 0.2) is 12.1 Å². The zero-order valence-corrected chi connectivity index (χ0v) is 12.9. The Kier molecular flexibility index (Phi) is 3.80. The number of aromatic nitrogens is 2. The zero-order chi connectivity index (χ0) is 14.2. The summed E-state index contributed by atoms with van der Waals surface area (Å²) in [5.74, 6) is 0.0390. The lowest BCUT2D eigenvalue weighted by Crippen LogP contribution is -2.32. The van der Waals surface area contributed by atoms with Gasteiger partial charge in [-0.05, 0) is 31.5 Å². The van der Waals surface area contributed by atoms with Gasteiger partial charge < -0.3 is 5.32 Å². The van der Waals surface area contributed by atoms with E-state index in [2.05, 4.69) is 18.8 Å². The van der Waals surface area contributed by atoms with Crippen LogP contribution in [-0.4, -0.2) is 35.5 Å². The number of anilines is 1. The molecule has 0 bridgehead atoms. The lowest BCUT2D eigenvalue weighted by Gasteiger charge is -2.13. The van der Waals surface area contributed by atoms with Crippen molar-refractivity contribution in [3.8, 4) is 0 Å². The van der Waals surface area contributed by atoms with Crippen LogP contribution in [0.3, 0.4) is 0 Å². The van der Waals surface area contributed by atoms with E-state index in [9.17, 15) is 8.42 Å². The Hall–Kier alpha value is -0.960. The number of benzene rings is 1. The molecule has 1 aliphatic rings. The molecule has 0 spiro atoms. The van der Waals surface area contributed by atoms with Crippen LogP contribution in [0.25, 0.3) is 11.0 Å². The number of halogens is 1. The normalized spacial score (nSPS) is 19.6. The number of hydrogen-bond acceptors (Lipinski definition) is 6. The Morgan fingerprint density at radius 3 is 3.05 bits per heavy atom. The van der Waals surface area contributed by atoms with E-state index in [1.807, 2.05) is 0 Å². The first-order valence-electron chi connectivity index (χ1n) is 6.20. The Balaban J connectivity index is 1.88. The van der Waals surface area contributed by atoms with Crippen molar-refractivity contribution in [3.05, 3.63) is 17.2 Å². The van der Waals surface area contributed by atoms with E-state index >= 15 is 0 Å². The van der Waals surface area contributed by atoms with Gasteiger partial charge in [-0.1, -0.05) is 11.6 Å². The number of rotatable bonds is 4. The SMILES string of the molecule is O=S(=O)(CC1CCCN1)Nc1c(Cl)ccc2nsnc12. The zero-order valence-electron chi connectivity index (χ0n) is 10.5. The molecule has 1 aromatic heterocycles. The summed E-state index contributed by atoms with van der Waals surface area (Å²) in [6.45, 7) is 0.868. The van der Waals surface area contributed by atoms with Gasteiger partial charge in [0.05, 0.1) is 28.2 Å². The molecule has 2 heterocycles. The summed E-state index contributed by atoms with van der Waals surface area (Å²) in [7, 11) is -3.47. The van der Waals surface area contributed by atoms with Gasteiger partial charge in [0.25, 0.3) is 0 Å². The van der Waals surface area contributed by atoms with Crippen LogP contribution in [-0.2, 0) is 10.0 Å². The maximum absolute atomic E-state index is 12.2. The highest BCUT2D eigenvalue weighted by Gasteiger charge is 2.23. The van der Waals surface area contributed by atoms with Gasteiger partial charge in [0.1, 0.15) is 11.0 Å². The fourth-order valence-corrected chi connectivity index (χ4v) is 4.50. The molecule has 1 atom stereocenters. The average Bonchev–Trinajstić information content (AvgIpc) is 3.02. The maximum Gasteiger partial charge on any atom is 0.234 e. The van der Waals surface area contributed by atoms with E-state index in [4.69, 9.17) is 11.6 Å². The summed E-state index contributed by atoms with van der Waals surface area (Å²) < 4.78 is 35.2. The van der Waals surface area contributed by atoms with Crippen molar-refractivity contribution in [3.63, 3.8) is 0 Å². The number of sulfonamides is 1. The average molecular weight is 333 g/mol. The topological polar surface area (TPSA) is 84.0 Å². The maximum atomic E-state index is 12.2. The van der Waals surface area contributed by atoms with Crippen LogP contribution >= 0.6 is 23.3 Å². The van der Waals surface area contributed by atoms with Crippen molar-refractivity contribution in [2.75, 3.05) is 17.0 Å². The van der Waals surface area contributed by atoms with E-state index in [1.165, 1.54) is 0 Å². The highest BCUT2D eigenvalue weighted by molar-refractivity contribution is 7.92. The monoisotopic (exact) mass is 332 g/mol. The van der Waals surface area contributed by atoms with Crippen LogP contribution < -0.4 is 10.0 Å². The fourth-order valence-electron chi connectivity index (χ4n) is 2.28. The third-order valence-corrected chi connectivity index (χ3v) is 5.43. The largest absolute Gasteiger partial charge is 0.313 e. The van der Waals surface area contributed by atoms with Crippen LogP contribution in [0.5, 0.6) is 0 Å². The van der Waals surface area contributed by atoms with Gasteiger partial charge in [-0.2, -0.15) is 8.75 Å². The molecule has 0 amide bonds. The summed E-state index contributed by atoms with van der Waals surface area (Å²) in [5.41, 5.74) is 1.44. The molecule has 6 nitrogen and oxygen atoms in total. The predicted octanol–water partition coefficient (Wildman–Crippen LogP) is 1.84. The summed E-state index contributed by atoms with van der Waals surface area (Å²) in [6, 6.07) is 3.34. The van der Waals surface area contributed by atoms with Crippen molar-refractivity contribution in [1.29, 1.82) is 0 Å². The molecule has 1 fully saturated rings. The number of fused-ring (bicyclic) bond motifs is 1. The highest BCUT2D eigenvalue weighted by atomic mass is 35.5.